The fourth-order valence-corrected chi connectivity index (χ4v) is 3.89. The highest BCUT2D eigenvalue weighted by atomic mass is 32.1. The number of esters is 1. The maximum Gasteiger partial charge on any atom is 0.340 e. The Kier molecular flexibility index (Phi) is 4.42. The van der Waals surface area contributed by atoms with Gasteiger partial charge in [-0.25, -0.2) is 9.78 Å². The van der Waals surface area contributed by atoms with E-state index in [-0.39, 0.29) is 12.4 Å². The van der Waals surface area contributed by atoms with Gasteiger partial charge < -0.3 is 10.1 Å². The number of hydrogen-bond donors (Lipinski definition) is 1. The second kappa shape index (κ2) is 6.88. The van der Waals surface area contributed by atoms with Crippen LogP contribution in [0.25, 0.3) is 10.1 Å². The number of ether oxygens (including phenoxy) is 1. The number of anilines is 1. The highest BCUT2D eigenvalue weighted by Crippen LogP contribution is 2.30. The summed E-state index contributed by atoms with van der Waals surface area (Å²) in [6.07, 6.45) is 3.79. The molecule has 3 aromatic rings. The molecule has 1 saturated carbocycles. The summed E-state index contributed by atoms with van der Waals surface area (Å²) in [5.74, 6) is 0.0284. The van der Waals surface area contributed by atoms with E-state index in [9.17, 15) is 9.59 Å². The van der Waals surface area contributed by atoms with Crippen molar-refractivity contribution in [1.82, 2.24) is 4.98 Å². The Labute approximate surface area is 155 Å². The molecule has 4 rings (SSSR count). The van der Waals surface area contributed by atoms with Crippen LogP contribution >= 0.6 is 11.3 Å². The molecule has 1 aliphatic rings. The molecule has 6 heteroatoms. The number of aromatic nitrogens is 1. The van der Waals surface area contributed by atoms with Crippen LogP contribution in [0.5, 0.6) is 0 Å². The standard InChI is InChI=1S/C20H18N2O3S/c1-12-15-4-2-3-5-17(15)26-19(12)16(23)11-25-20(24)13-6-9-18(21-10-13)22-14-7-8-14/h2-6,9-10,14H,7-8,11H2,1H3,(H,21,22). The summed E-state index contributed by atoms with van der Waals surface area (Å²) in [5, 5.41) is 4.32. The Morgan fingerprint density at radius 3 is 2.73 bits per heavy atom. The molecule has 0 saturated heterocycles. The molecule has 0 amide bonds. The van der Waals surface area contributed by atoms with E-state index in [1.165, 1.54) is 17.5 Å². The summed E-state index contributed by atoms with van der Waals surface area (Å²) in [7, 11) is 0. The number of hydrogen-bond acceptors (Lipinski definition) is 6. The Balaban J connectivity index is 1.40. The maximum atomic E-state index is 12.5. The van der Waals surface area contributed by atoms with Crippen molar-refractivity contribution >= 4 is 39.0 Å². The number of carbonyl (C=O) groups is 2. The molecule has 0 atom stereocenters. The van der Waals surface area contributed by atoms with E-state index in [4.69, 9.17) is 4.74 Å². The van der Waals surface area contributed by atoms with Crippen LogP contribution in [-0.4, -0.2) is 29.4 Å². The van der Waals surface area contributed by atoms with Gasteiger partial charge in [-0.3, -0.25) is 4.79 Å². The minimum Gasteiger partial charge on any atom is -0.454 e. The van der Waals surface area contributed by atoms with Crippen LogP contribution in [0.2, 0.25) is 0 Å². The summed E-state index contributed by atoms with van der Waals surface area (Å²) < 4.78 is 6.24. The van der Waals surface area contributed by atoms with Crippen LogP contribution in [0, 0.1) is 6.92 Å². The quantitative estimate of drug-likeness (QED) is 0.523. The highest BCUT2D eigenvalue weighted by molar-refractivity contribution is 7.21. The molecule has 1 aromatic carbocycles. The normalized spacial score (nSPS) is 13.6. The lowest BCUT2D eigenvalue weighted by Crippen LogP contribution is -2.14. The van der Waals surface area contributed by atoms with E-state index in [2.05, 4.69) is 10.3 Å². The average Bonchev–Trinajstić information content (AvgIpc) is 3.42. The molecular weight excluding hydrogens is 348 g/mol. The molecule has 0 bridgehead atoms. The van der Waals surface area contributed by atoms with Crippen LogP contribution < -0.4 is 5.32 Å². The number of nitrogens with one attached hydrogen (secondary N) is 1. The number of benzene rings is 1. The van der Waals surface area contributed by atoms with E-state index in [1.807, 2.05) is 31.2 Å². The first kappa shape index (κ1) is 16.7. The number of carbonyl (C=O) groups excluding carboxylic acids is 2. The molecule has 0 spiro atoms. The molecule has 2 aromatic heterocycles. The summed E-state index contributed by atoms with van der Waals surface area (Å²) >= 11 is 1.43. The predicted octanol–water partition coefficient (Wildman–Crippen LogP) is 4.22. The predicted molar refractivity (Wildman–Crippen MR) is 102 cm³/mol. The molecule has 1 N–H and O–H groups in total. The average molecular weight is 366 g/mol. The second-order valence-electron chi connectivity index (χ2n) is 6.40. The number of rotatable bonds is 6. The lowest BCUT2D eigenvalue weighted by Gasteiger charge is -2.06. The van der Waals surface area contributed by atoms with Gasteiger partial charge >= 0.3 is 5.97 Å². The zero-order valence-electron chi connectivity index (χ0n) is 14.3. The minimum absolute atomic E-state index is 0.183. The SMILES string of the molecule is Cc1c(C(=O)COC(=O)c2ccc(NC3CC3)nc2)sc2ccccc12. The number of ketones is 1. The first-order valence-electron chi connectivity index (χ1n) is 8.53. The van der Waals surface area contributed by atoms with E-state index in [0.29, 0.717) is 16.5 Å². The largest absolute Gasteiger partial charge is 0.454 e. The Bertz CT molecular complexity index is 974. The van der Waals surface area contributed by atoms with Crippen LogP contribution in [-0.2, 0) is 4.74 Å². The van der Waals surface area contributed by atoms with Crippen LogP contribution in [0.3, 0.4) is 0 Å². The molecule has 1 fully saturated rings. The van der Waals surface area contributed by atoms with Crippen molar-refractivity contribution < 1.29 is 14.3 Å². The topological polar surface area (TPSA) is 68.3 Å². The summed E-state index contributed by atoms with van der Waals surface area (Å²) in [6, 6.07) is 11.8. The molecule has 1 aliphatic carbocycles. The number of fused-ring (bicyclic) bond motifs is 1. The monoisotopic (exact) mass is 366 g/mol. The third-order valence-electron chi connectivity index (χ3n) is 4.36. The summed E-state index contributed by atoms with van der Waals surface area (Å²) in [6.45, 7) is 1.65. The Morgan fingerprint density at radius 1 is 1.23 bits per heavy atom. The van der Waals surface area contributed by atoms with Gasteiger partial charge in [0.05, 0.1) is 10.4 Å². The first-order chi connectivity index (χ1) is 12.6. The van der Waals surface area contributed by atoms with Crippen molar-refractivity contribution in [3.63, 3.8) is 0 Å². The van der Waals surface area contributed by atoms with Gasteiger partial charge in [-0.05, 0) is 48.9 Å². The Morgan fingerprint density at radius 2 is 2.04 bits per heavy atom. The van der Waals surface area contributed by atoms with Crippen LogP contribution in [0.1, 0.15) is 38.4 Å². The third kappa shape index (κ3) is 3.46. The van der Waals surface area contributed by atoms with Crippen molar-refractivity contribution in [2.45, 2.75) is 25.8 Å². The first-order valence-corrected chi connectivity index (χ1v) is 9.34. The highest BCUT2D eigenvalue weighted by Gasteiger charge is 2.21. The molecular formula is C20H18N2O3S. The van der Waals surface area contributed by atoms with Crippen molar-refractivity contribution in [3.05, 3.63) is 58.6 Å². The van der Waals surface area contributed by atoms with Gasteiger partial charge in [0.15, 0.2) is 6.61 Å². The van der Waals surface area contributed by atoms with Crippen molar-refractivity contribution in [3.8, 4) is 0 Å². The van der Waals surface area contributed by atoms with Crippen molar-refractivity contribution in [2.24, 2.45) is 0 Å². The number of nitrogens with zero attached hydrogens (tertiary/aromatic N) is 1. The van der Waals surface area contributed by atoms with Gasteiger partial charge in [-0.2, -0.15) is 0 Å². The van der Waals surface area contributed by atoms with E-state index in [0.717, 1.165) is 34.3 Å². The molecule has 0 aliphatic heterocycles. The Hall–Kier alpha value is -2.73. The molecule has 26 heavy (non-hydrogen) atoms. The van der Waals surface area contributed by atoms with E-state index < -0.39 is 5.97 Å². The number of thiophene rings is 1. The fourth-order valence-electron chi connectivity index (χ4n) is 2.76. The van der Waals surface area contributed by atoms with E-state index >= 15 is 0 Å². The zero-order valence-corrected chi connectivity index (χ0v) is 15.1. The van der Waals surface area contributed by atoms with Gasteiger partial charge in [0, 0.05) is 16.9 Å². The molecule has 0 unspecified atom stereocenters. The van der Waals surface area contributed by atoms with Crippen molar-refractivity contribution in [2.75, 3.05) is 11.9 Å². The number of pyridine rings is 1. The van der Waals surface area contributed by atoms with Gasteiger partial charge in [-0.1, -0.05) is 18.2 Å². The minimum atomic E-state index is -0.539. The summed E-state index contributed by atoms with van der Waals surface area (Å²) in [4.78, 5) is 29.5. The van der Waals surface area contributed by atoms with Gasteiger partial charge in [0.2, 0.25) is 5.78 Å². The third-order valence-corrected chi connectivity index (χ3v) is 5.67. The lowest BCUT2D eigenvalue weighted by molar-refractivity contribution is 0.0475. The second-order valence-corrected chi connectivity index (χ2v) is 7.45. The van der Waals surface area contributed by atoms with Crippen molar-refractivity contribution in [1.29, 1.82) is 0 Å². The molecule has 2 heterocycles. The summed E-state index contributed by atoms with van der Waals surface area (Å²) in [5.41, 5.74) is 1.27. The van der Waals surface area contributed by atoms with Gasteiger partial charge in [-0.15, -0.1) is 11.3 Å². The lowest BCUT2D eigenvalue weighted by atomic mass is 10.1. The van der Waals surface area contributed by atoms with Gasteiger partial charge in [0.1, 0.15) is 5.82 Å². The number of aryl methyl sites for hydroxylation is 1. The fraction of sp³-hybridized carbons (Fsp3) is 0.250. The van der Waals surface area contributed by atoms with E-state index in [1.54, 1.807) is 12.1 Å². The maximum absolute atomic E-state index is 12.5. The van der Waals surface area contributed by atoms with Crippen LogP contribution in [0.15, 0.2) is 42.6 Å². The molecule has 132 valence electrons. The van der Waals surface area contributed by atoms with Gasteiger partial charge in [0.25, 0.3) is 0 Å². The van der Waals surface area contributed by atoms with Crippen LogP contribution in [0.4, 0.5) is 5.82 Å². The smallest absolute Gasteiger partial charge is 0.340 e. The molecule has 0 radical (unpaired) electrons. The number of Topliss-reactive ketones (excluding diaryl/α,β-unsaturated/α-hetero) is 1. The molecule has 5 nitrogen and oxygen atoms in total. The zero-order chi connectivity index (χ0) is 18.1.